The Labute approximate surface area is 101 Å². The molecule has 0 heterocycles. The SMILES string of the molecule is CCCCC(C=O)CCNC(=O)CCCP. The van der Waals surface area contributed by atoms with E-state index >= 15 is 0 Å². The van der Waals surface area contributed by atoms with Crippen LogP contribution < -0.4 is 5.32 Å². The number of carbonyl (C=O) groups excluding carboxylic acids is 2. The van der Waals surface area contributed by atoms with Crippen LogP contribution in [-0.4, -0.2) is 24.9 Å². The first-order chi connectivity index (χ1) is 7.74. The van der Waals surface area contributed by atoms with Gasteiger partial charge < -0.3 is 10.1 Å². The maximum Gasteiger partial charge on any atom is 0.220 e. The summed E-state index contributed by atoms with van der Waals surface area (Å²) in [6, 6.07) is 0. The zero-order chi connectivity index (χ0) is 12.2. The number of hydrogen-bond acceptors (Lipinski definition) is 2. The van der Waals surface area contributed by atoms with Gasteiger partial charge in [0.25, 0.3) is 0 Å². The van der Waals surface area contributed by atoms with Crippen molar-refractivity contribution in [1.82, 2.24) is 5.32 Å². The highest BCUT2D eigenvalue weighted by molar-refractivity contribution is 7.16. The Morgan fingerprint density at radius 1 is 1.38 bits per heavy atom. The predicted molar refractivity (Wildman–Crippen MR) is 70.5 cm³/mol. The maximum absolute atomic E-state index is 11.3. The molecule has 3 nitrogen and oxygen atoms in total. The topological polar surface area (TPSA) is 46.2 Å². The van der Waals surface area contributed by atoms with Gasteiger partial charge in [-0.1, -0.05) is 19.8 Å². The molecule has 0 aliphatic carbocycles. The molecule has 0 saturated heterocycles. The summed E-state index contributed by atoms with van der Waals surface area (Å²) in [6.07, 6.45) is 7.39. The Kier molecular flexibility index (Phi) is 10.8. The molecule has 0 aliphatic rings. The zero-order valence-corrected chi connectivity index (χ0v) is 11.4. The molecule has 4 heteroatoms. The van der Waals surface area contributed by atoms with Crippen molar-refractivity contribution in [3.05, 3.63) is 0 Å². The number of nitrogens with one attached hydrogen (secondary N) is 1. The summed E-state index contributed by atoms with van der Waals surface area (Å²) < 4.78 is 0. The maximum atomic E-state index is 11.3. The first-order valence-corrected chi connectivity index (χ1v) is 6.98. The Bertz CT molecular complexity index is 197. The van der Waals surface area contributed by atoms with Crippen LogP contribution in [0.2, 0.25) is 0 Å². The number of carbonyl (C=O) groups is 2. The first-order valence-electron chi connectivity index (χ1n) is 6.16. The van der Waals surface area contributed by atoms with E-state index in [2.05, 4.69) is 21.5 Å². The van der Waals surface area contributed by atoms with E-state index in [0.717, 1.165) is 44.6 Å². The molecule has 0 aromatic carbocycles. The second kappa shape index (κ2) is 11.1. The molecule has 16 heavy (non-hydrogen) atoms. The summed E-state index contributed by atoms with van der Waals surface area (Å²) in [5.41, 5.74) is 0. The molecule has 2 atom stereocenters. The molecule has 0 saturated carbocycles. The van der Waals surface area contributed by atoms with E-state index in [1.807, 2.05) is 0 Å². The Hall–Kier alpha value is -0.430. The van der Waals surface area contributed by atoms with Crippen LogP contribution in [-0.2, 0) is 9.59 Å². The summed E-state index contributed by atoms with van der Waals surface area (Å²) in [5.74, 6) is 0.213. The van der Waals surface area contributed by atoms with Gasteiger partial charge in [-0.05, 0) is 25.4 Å². The van der Waals surface area contributed by atoms with E-state index in [9.17, 15) is 9.59 Å². The smallest absolute Gasteiger partial charge is 0.220 e. The molecule has 0 aromatic rings. The number of unbranched alkanes of at least 4 members (excludes halogenated alkanes) is 1. The fourth-order valence-electron chi connectivity index (χ4n) is 1.49. The first kappa shape index (κ1) is 15.6. The Morgan fingerprint density at radius 2 is 2.12 bits per heavy atom. The van der Waals surface area contributed by atoms with Crippen LogP contribution >= 0.6 is 9.24 Å². The fourth-order valence-corrected chi connectivity index (χ4v) is 1.70. The van der Waals surface area contributed by atoms with E-state index in [4.69, 9.17) is 0 Å². The van der Waals surface area contributed by atoms with Crippen molar-refractivity contribution in [2.24, 2.45) is 5.92 Å². The lowest BCUT2D eigenvalue weighted by molar-refractivity contribution is -0.121. The van der Waals surface area contributed by atoms with Gasteiger partial charge in [0, 0.05) is 18.9 Å². The highest BCUT2D eigenvalue weighted by atomic mass is 31.0. The van der Waals surface area contributed by atoms with Crippen LogP contribution in [0.1, 0.15) is 45.4 Å². The van der Waals surface area contributed by atoms with Crippen molar-refractivity contribution >= 4 is 21.4 Å². The normalized spacial score (nSPS) is 12.1. The third-order valence-corrected chi connectivity index (χ3v) is 2.97. The summed E-state index contributed by atoms with van der Waals surface area (Å²) in [6.45, 7) is 2.75. The number of rotatable bonds is 10. The fraction of sp³-hybridized carbons (Fsp3) is 0.833. The quantitative estimate of drug-likeness (QED) is 0.473. The van der Waals surface area contributed by atoms with Gasteiger partial charge in [-0.2, -0.15) is 0 Å². The summed E-state index contributed by atoms with van der Waals surface area (Å²) in [4.78, 5) is 22.0. The van der Waals surface area contributed by atoms with Crippen LogP contribution in [0.4, 0.5) is 0 Å². The summed E-state index contributed by atoms with van der Waals surface area (Å²) >= 11 is 0. The lowest BCUT2D eigenvalue weighted by Gasteiger charge is -2.10. The zero-order valence-electron chi connectivity index (χ0n) is 10.2. The minimum Gasteiger partial charge on any atom is -0.356 e. The summed E-state index contributed by atoms with van der Waals surface area (Å²) in [5, 5.41) is 2.85. The van der Waals surface area contributed by atoms with Gasteiger partial charge in [0.2, 0.25) is 5.91 Å². The summed E-state index contributed by atoms with van der Waals surface area (Å²) in [7, 11) is 2.61. The van der Waals surface area contributed by atoms with Crippen molar-refractivity contribution in [3.8, 4) is 0 Å². The van der Waals surface area contributed by atoms with Gasteiger partial charge >= 0.3 is 0 Å². The van der Waals surface area contributed by atoms with Crippen LogP contribution in [0.3, 0.4) is 0 Å². The molecule has 1 N–H and O–H groups in total. The minimum absolute atomic E-state index is 0.0996. The van der Waals surface area contributed by atoms with E-state index in [1.165, 1.54) is 0 Å². The van der Waals surface area contributed by atoms with Crippen molar-refractivity contribution in [2.45, 2.75) is 45.4 Å². The van der Waals surface area contributed by atoms with E-state index in [0.29, 0.717) is 13.0 Å². The van der Waals surface area contributed by atoms with Gasteiger partial charge in [0.05, 0.1) is 0 Å². The van der Waals surface area contributed by atoms with Gasteiger partial charge in [-0.3, -0.25) is 4.79 Å². The molecule has 0 fully saturated rings. The van der Waals surface area contributed by atoms with Crippen LogP contribution in [0, 0.1) is 5.92 Å². The second-order valence-corrected chi connectivity index (χ2v) is 4.65. The molecule has 0 radical (unpaired) electrons. The number of hydrogen-bond donors (Lipinski definition) is 1. The third-order valence-electron chi connectivity index (χ3n) is 2.57. The molecular formula is C12H24NO2P. The van der Waals surface area contributed by atoms with Crippen molar-refractivity contribution in [3.63, 3.8) is 0 Å². The molecule has 0 bridgehead atoms. The Balaban J connectivity index is 3.53. The van der Waals surface area contributed by atoms with E-state index in [-0.39, 0.29) is 11.8 Å². The molecule has 94 valence electrons. The molecule has 2 unspecified atom stereocenters. The number of aldehydes is 1. The highest BCUT2D eigenvalue weighted by Crippen LogP contribution is 2.09. The van der Waals surface area contributed by atoms with Crippen LogP contribution in [0.5, 0.6) is 0 Å². The van der Waals surface area contributed by atoms with Crippen molar-refractivity contribution in [2.75, 3.05) is 12.7 Å². The molecule has 0 spiro atoms. The molecule has 0 rings (SSSR count). The Morgan fingerprint density at radius 3 is 2.69 bits per heavy atom. The molecular weight excluding hydrogens is 221 g/mol. The lowest BCUT2D eigenvalue weighted by Crippen LogP contribution is -2.26. The molecule has 0 aromatic heterocycles. The second-order valence-electron chi connectivity index (χ2n) is 4.07. The van der Waals surface area contributed by atoms with Crippen LogP contribution in [0.25, 0.3) is 0 Å². The van der Waals surface area contributed by atoms with E-state index in [1.54, 1.807) is 0 Å². The van der Waals surface area contributed by atoms with Crippen molar-refractivity contribution < 1.29 is 9.59 Å². The highest BCUT2D eigenvalue weighted by Gasteiger charge is 2.07. The molecule has 1 amide bonds. The molecule has 0 aliphatic heterocycles. The van der Waals surface area contributed by atoms with Crippen LogP contribution in [0.15, 0.2) is 0 Å². The largest absolute Gasteiger partial charge is 0.356 e. The van der Waals surface area contributed by atoms with E-state index < -0.39 is 0 Å². The third kappa shape index (κ3) is 8.84. The average Bonchev–Trinajstić information content (AvgIpc) is 2.30. The average molecular weight is 245 g/mol. The van der Waals surface area contributed by atoms with Crippen molar-refractivity contribution in [1.29, 1.82) is 0 Å². The van der Waals surface area contributed by atoms with Gasteiger partial charge in [-0.25, -0.2) is 0 Å². The monoisotopic (exact) mass is 245 g/mol. The van der Waals surface area contributed by atoms with Gasteiger partial charge in [-0.15, -0.1) is 9.24 Å². The standard InChI is InChI=1S/C12H24NO2P/c1-2-3-5-11(10-14)7-8-13-12(15)6-4-9-16/h10-11H,2-9,16H2,1H3,(H,13,15). The predicted octanol–water partition coefficient (Wildman–Crippen LogP) is 2.15. The minimum atomic E-state index is 0.0996. The van der Waals surface area contributed by atoms with Gasteiger partial charge in [0.15, 0.2) is 0 Å². The number of amides is 1. The van der Waals surface area contributed by atoms with Gasteiger partial charge in [0.1, 0.15) is 6.29 Å². The lowest BCUT2D eigenvalue weighted by atomic mass is 10.0.